The average Bonchev–Trinajstić information content (AvgIpc) is 2.59. The first kappa shape index (κ1) is 20.6. The SMILES string of the molecule is COC(=O)c1ccc(C(=O)Nc2nc(C(C)(C)C)cc(C(C)(C)C)n2)cc1. The van der Waals surface area contributed by atoms with Crippen LogP contribution in [0.4, 0.5) is 5.95 Å². The van der Waals surface area contributed by atoms with Crippen molar-refractivity contribution in [3.05, 3.63) is 52.8 Å². The number of ether oxygens (including phenoxy) is 1. The van der Waals surface area contributed by atoms with Gasteiger partial charge in [-0.25, -0.2) is 14.8 Å². The number of nitrogens with one attached hydrogen (secondary N) is 1. The Morgan fingerprint density at radius 2 is 1.30 bits per heavy atom. The molecule has 1 heterocycles. The Bertz CT molecular complexity index is 812. The number of benzene rings is 1. The van der Waals surface area contributed by atoms with E-state index in [0.29, 0.717) is 11.1 Å². The fraction of sp³-hybridized carbons (Fsp3) is 0.429. The molecule has 0 spiro atoms. The molecule has 0 aliphatic rings. The zero-order valence-corrected chi connectivity index (χ0v) is 17.0. The lowest BCUT2D eigenvalue weighted by atomic mass is 9.87. The van der Waals surface area contributed by atoms with Crippen LogP contribution in [0, 0.1) is 0 Å². The van der Waals surface area contributed by atoms with Crippen LogP contribution >= 0.6 is 0 Å². The molecular weight excluding hydrogens is 342 g/mol. The largest absolute Gasteiger partial charge is 0.465 e. The molecule has 0 atom stereocenters. The molecule has 0 unspecified atom stereocenters. The number of hydrogen-bond donors (Lipinski definition) is 1. The topological polar surface area (TPSA) is 81.2 Å². The van der Waals surface area contributed by atoms with E-state index in [-0.39, 0.29) is 22.7 Å². The van der Waals surface area contributed by atoms with Crippen LogP contribution in [0.2, 0.25) is 0 Å². The minimum atomic E-state index is -0.446. The Balaban J connectivity index is 2.33. The molecule has 0 aliphatic heterocycles. The monoisotopic (exact) mass is 369 g/mol. The van der Waals surface area contributed by atoms with E-state index >= 15 is 0 Å². The van der Waals surface area contributed by atoms with Gasteiger partial charge in [-0.1, -0.05) is 41.5 Å². The fourth-order valence-electron chi connectivity index (χ4n) is 2.32. The number of hydrogen-bond acceptors (Lipinski definition) is 5. The number of amides is 1. The second-order valence-electron chi connectivity index (χ2n) is 8.49. The van der Waals surface area contributed by atoms with Crippen LogP contribution in [-0.2, 0) is 15.6 Å². The molecule has 0 aliphatic carbocycles. The van der Waals surface area contributed by atoms with E-state index in [9.17, 15) is 9.59 Å². The quantitative estimate of drug-likeness (QED) is 0.824. The maximum atomic E-state index is 12.6. The van der Waals surface area contributed by atoms with Gasteiger partial charge in [0.2, 0.25) is 5.95 Å². The average molecular weight is 369 g/mol. The van der Waals surface area contributed by atoms with Crippen LogP contribution in [0.1, 0.15) is 73.6 Å². The molecule has 0 saturated heterocycles. The molecule has 0 radical (unpaired) electrons. The van der Waals surface area contributed by atoms with Gasteiger partial charge in [0, 0.05) is 16.4 Å². The van der Waals surface area contributed by atoms with Crippen LogP contribution < -0.4 is 5.32 Å². The Morgan fingerprint density at radius 3 is 1.70 bits per heavy atom. The Hall–Kier alpha value is -2.76. The molecule has 144 valence electrons. The van der Waals surface area contributed by atoms with E-state index in [1.165, 1.54) is 7.11 Å². The van der Waals surface area contributed by atoms with Gasteiger partial charge in [0.1, 0.15) is 0 Å². The van der Waals surface area contributed by atoms with Gasteiger partial charge in [-0.15, -0.1) is 0 Å². The second-order valence-corrected chi connectivity index (χ2v) is 8.49. The molecule has 2 rings (SSSR count). The second kappa shape index (κ2) is 7.47. The summed E-state index contributed by atoms with van der Waals surface area (Å²) in [6.45, 7) is 12.4. The molecule has 27 heavy (non-hydrogen) atoms. The van der Waals surface area contributed by atoms with Crippen molar-refractivity contribution in [2.24, 2.45) is 0 Å². The highest BCUT2D eigenvalue weighted by atomic mass is 16.5. The third-order valence-electron chi connectivity index (χ3n) is 4.06. The lowest BCUT2D eigenvalue weighted by Crippen LogP contribution is -2.23. The highest BCUT2D eigenvalue weighted by molar-refractivity contribution is 6.04. The van der Waals surface area contributed by atoms with Crippen molar-refractivity contribution in [1.29, 1.82) is 0 Å². The minimum Gasteiger partial charge on any atom is -0.465 e. The van der Waals surface area contributed by atoms with Crippen molar-refractivity contribution in [1.82, 2.24) is 9.97 Å². The van der Waals surface area contributed by atoms with Gasteiger partial charge < -0.3 is 4.74 Å². The fourth-order valence-corrected chi connectivity index (χ4v) is 2.32. The maximum absolute atomic E-state index is 12.6. The Labute approximate surface area is 160 Å². The van der Waals surface area contributed by atoms with Gasteiger partial charge in [-0.3, -0.25) is 10.1 Å². The molecule has 6 nitrogen and oxygen atoms in total. The molecule has 0 saturated carbocycles. The van der Waals surface area contributed by atoms with Crippen molar-refractivity contribution >= 4 is 17.8 Å². The predicted molar refractivity (Wildman–Crippen MR) is 105 cm³/mol. The van der Waals surface area contributed by atoms with E-state index in [2.05, 4.69) is 61.6 Å². The van der Waals surface area contributed by atoms with Gasteiger partial charge in [0.25, 0.3) is 5.91 Å². The van der Waals surface area contributed by atoms with Gasteiger partial charge >= 0.3 is 5.97 Å². The van der Waals surface area contributed by atoms with E-state index < -0.39 is 5.97 Å². The van der Waals surface area contributed by atoms with Crippen molar-refractivity contribution in [2.75, 3.05) is 12.4 Å². The molecule has 1 aromatic heterocycles. The number of esters is 1. The van der Waals surface area contributed by atoms with E-state index in [1.54, 1.807) is 24.3 Å². The van der Waals surface area contributed by atoms with E-state index in [1.807, 2.05) is 6.07 Å². The summed E-state index contributed by atoms with van der Waals surface area (Å²) in [4.78, 5) is 33.1. The van der Waals surface area contributed by atoms with E-state index in [4.69, 9.17) is 0 Å². The number of rotatable bonds is 3. The van der Waals surface area contributed by atoms with Gasteiger partial charge in [-0.05, 0) is 30.3 Å². The molecule has 2 aromatic rings. The summed E-state index contributed by atoms with van der Waals surface area (Å²) >= 11 is 0. The number of carbonyl (C=O) groups is 2. The van der Waals surface area contributed by atoms with Crippen LogP contribution in [-0.4, -0.2) is 29.0 Å². The highest BCUT2D eigenvalue weighted by Gasteiger charge is 2.23. The van der Waals surface area contributed by atoms with Crippen LogP contribution in [0.3, 0.4) is 0 Å². The predicted octanol–water partition coefficient (Wildman–Crippen LogP) is 4.11. The third-order valence-corrected chi connectivity index (χ3v) is 4.06. The number of aromatic nitrogens is 2. The first-order chi connectivity index (χ1) is 12.4. The van der Waals surface area contributed by atoms with Gasteiger partial charge in [0.05, 0.1) is 24.1 Å². The van der Waals surface area contributed by atoms with Crippen molar-refractivity contribution in [3.63, 3.8) is 0 Å². The number of anilines is 1. The maximum Gasteiger partial charge on any atom is 0.337 e. The van der Waals surface area contributed by atoms with Crippen molar-refractivity contribution < 1.29 is 14.3 Å². The zero-order chi connectivity index (χ0) is 20.4. The number of carbonyl (C=O) groups excluding carboxylic acids is 2. The van der Waals surface area contributed by atoms with Crippen LogP contribution in [0.5, 0.6) is 0 Å². The molecule has 6 heteroatoms. The molecule has 1 amide bonds. The normalized spacial score (nSPS) is 11.8. The summed E-state index contributed by atoms with van der Waals surface area (Å²) in [6, 6.07) is 8.22. The van der Waals surface area contributed by atoms with Crippen molar-refractivity contribution in [2.45, 2.75) is 52.4 Å². The first-order valence-corrected chi connectivity index (χ1v) is 8.81. The Kier molecular flexibility index (Phi) is 5.68. The summed E-state index contributed by atoms with van der Waals surface area (Å²) in [5.74, 6) is -0.510. The lowest BCUT2D eigenvalue weighted by Gasteiger charge is -2.24. The summed E-state index contributed by atoms with van der Waals surface area (Å²) in [6.07, 6.45) is 0. The standard InChI is InChI=1S/C21H27N3O3/c1-20(2,3)15-12-16(21(4,5)6)23-19(22-15)24-17(25)13-8-10-14(11-9-13)18(26)27-7/h8-12H,1-7H3,(H,22,23,24,25). The minimum absolute atomic E-state index is 0.176. The smallest absolute Gasteiger partial charge is 0.337 e. The number of methoxy groups -OCH3 is 1. The summed E-state index contributed by atoms with van der Waals surface area (Å²) in [5, 5.41) is 2.77. The first-order valence-electron chi connectivity index (χ1n) is 8.81. The van der Waals surface area contributed by atoms with Crippen LogP contribution in [0.15, 0.2) is 30.3 Å². The molecule has 1 aromatic carbocycles. The van der Waals surface area contributed by atoms with Gasteiger partial charge in [-0.2, -0.15) is 0 Å². The number of nitrogens with zero attached hydrogens (tertiary/aromatic N) is 2. The van der Waals surface area contributed by atoms with Crippen molar-refractivity contribution in [3.8, 4) is 0 Å². The third kappa shape index (κ3) is 5.12. The van der Waals surface area contributed by atoms with Gasteiger partial charge in [0.15, 0.2) is 0 Å². The van der Waals surface area contributed by atoms with Crippen LogP contribution in [0.25, 0.3) is 0 Å². The Morgan fingerprint density at radius 1 is 0.852 bits per heavy atom. The molecule has 0 fully saturated rings. The molecule has 0 bridgehead atoms. The highest BCUT2D eigenvalue weighted by Crippen LogP contribution is 2.27. The summed E-state index contributed by atoms with van der Waals surface area (Å²) in [5.41, 5.74) is 2.16. The summed E-state index contributed by atoms with van der Waals surface area (Å²) < 4.78 is 4.66. The molecular formula is C21H27N3O3. The summed E-state index contributed by atoms with van der Waals surface area (Å²) in [7, 11) is 1.31. The van der Waals surface area contributed by atoms with E-state index in [0.717, 1.165) is 11.4 Å². The zero-order valence-electron chi connectivity index (χ0n) is 17.0. The lowest BCUT2D eigenvalue weighted by molar-refractivity contribution is 0.0600. The molecule has 1 N–H and O–H groups in total.